The molecule has 0 aromatic heterocycles. The number of amides is 2. The van der Waals surface area contributed by atoms with E-state index in [1.165, 1.54) is 11.1 Å². The molecule has 2 aliphatic rings. The largest absolute Gasteiger partial charge is 0.347 e. The van der Waals surface area contributed by atoms with E-state index in [1.54, 1.807) is 0 Å². The highest BCUT2D eigenvalue weighted by molar-refractivity contribution is 5.85. The van der Waals surface area contributed by atoms with Crippen LogP contribution in [0.2, 0.25) is 0 Å². The zero-order valence-corrected chi connectivity index (χ0v) is 12.3. The Hall–Kier alpha value is -1.84. The van der Waals surface area contributed by atoms with Gasteiger partial charge in [-0.15, -0.1) is 0 Å². The van der Waals surface area contributed by atoms with E-state index in [1.807, 2.05) is 11.0 Å². The van der Waals surface area contributed by atoms with Crippen molar-refractivity contribution in [3.63, 3.8) is 0 Å². The molecule has 4 heteroatoms. The Morgan fingerprint density at radius 3 is 2.76 bits per heavy atom. The third kappa shape index (κ3) is 3.26. The molecule has 0 radical (unpaired) electrons. The summed E-state index contributed by atoms with van der Waals surface area (Å²) in [5.41, 5.74) is 2.67. The summed E-state index contributed by atoms with van der Waals surface area (Å²) in [7, 11) is 0. The Morgan fingerprint density at radius 2 is 1.95 bits per heavy atom. The summed E-state index contributed by atoms with van der Waals surface area (Å²) < 4.78 is 0. The van der Waals surface area contributed by atoms with Crippen molar-refractivity contribution in [3.05, 3.63) is 35.4 Å². The topological polar surface area (TPSA) is 49.4 Å². The third-order valence-corrected chi connectivity index (χ3v) is 4.58. The average Bonchev–Trinajstić information content (AvgIpc) is 3.15. The lowest BCUT2D eigenvalue weighted by molar-refractivity contribution is -0.132. The molecule has 1 N–H and O–H groups in total. The van der Waals surface area contributed by atoms with Gasteiger partial charge in [-0.25, -0.2) is 0 Å². The van der Waals surface area contributed by atoms with Gasteiger partial charge in [-0.3, -0.25) is 9.59 Å². The van der Waals surface area contributed by atoms with Crippen molar-refractivity contribution in [2.45, 2.75) is 38.0 Å². The summed E-state index contributed by atoms with van der Waals surface area (Å²) in [5.74, 6) is 0.347. The second-order valence-electron chi connectivity index (χ2n) is 6.00. The molecule has 1 atom stereocenters. The second kappa shape index (κ2) is 6.29. The molecule has 3 rings (SSSR count). The lowest BCUT2D eigenvalue weighted by Crippen LogP contribution is -2.38. The minimum Gasteiger partial charge on any atom is -0.347 e. The maximum atomic E-state index is 12.0. The monoisotopic (exact) mass is 286 g/mol. The quantitative estimate of drug-likeness (QED) is 0.918. The van der Waals surface area contributed by atoms with Gasteiger partial charge in [0.15, 0.2) is 0 Å². The molecule has 0 unspecified atom stereocenters. The highest BCUT2D eigenvalue weighted by Gasteiger charge is 2.24. The van der Waals surface area contributed by atoms with Gasteiger partial charge in [0.25, 0.3) is 0 Å². The van der Waals surface area contributed by atoms with Crippen LogP contribution >= 0.6 is 0 Å². The Morgan fingerprint density at radius 1 is 1.19 bits per heavy atom. The van der Waals surface area contributed by atoms with Gasteiger partial charge in [0.2, 0.25) is 11.8 Å². The number of fused-ring (bicyclic) bond motifs is 1. The van der Waals surface area contributed by atoms with Crippen LogP contribution in [0.4, 0.5) is 0 Å². The second-order valence-corrected chi connectivity index (χ2v) is 6.00. The van der Waals surface area contributed by atoms with Gasteiger partial charge >= 0.3 is 0 Å². The zero-order chi connectivity index (χ0) is 14.7. The molecule has 1 aromatic rings. The number of hydrogen-bond donors (Lipinski definition) is 1. The normalized spacial score (nSPS) is 20.4. The first-order valence-electron chi connectivity index (χ1n) is 7.86. The molecule has 1 aromatic carbocycles. The molecule has 4 nitrogen and oxygen atoms in total. The van der Waals surface area contributed by atoms with E-state index in [0.29, 0.717) is 12.3 Å². The van der Waals surface area contributed by atoms with Gasteiger partial charge in [-0.2, -0.15) is 0 Å². The Balaban J connectivity index is 1.48. The van der Waals surface area contributed by atoms with Crippen molar-refractivity contribution in [2.24, 2.45) is 0 Å². The minimum absolute atomic E-state index is 0.00995. The Labute approximate surface area is 125 Å². The summed E-state index contributed by atoms with van der Waals surface area (Å²) in [4.78, 5) is 25.8. The highest BCUT2D eigenvalue weighted by Crippen LogP contribution is 2.34. The van der Waals surface area contributed by atoms with Crippen molar-refractivity contribution < 1.29 is 9.59 Å². The summed E-state index contributed by atoms with van der Waals surface area (Å²) in [6.45, 7) is 1.82. The number of rotatable bonds is 4. The highest BCUT2D eigenvalue weighted by atomic mass is 16.2. The number of likely N-dealkylation sites (tertiary alicyclic amines) is 1. The van der Waals surface area contributed by atoms with E-state index in [4.69, 9.17) is 0 Å². The van der Waals surface area contributed by atoms with Crippen LogP contribution in [0.5, 0.6) is 0 Å². The van der Waals surface area contributed by atoms with Crippen LogP contribution in [0.1, 0.15) is 42.7 Å². The van der Waals surface area contributed by atoms with Gasteiger partial charge in [-0.05, 0) is 42.7 Å². The van der Waals surface area contributed by atoms with Crippen LogP contribution in [-0.4, -0.2) is 36.3 Å². The molecule has 1 saturated heterocycles. The van der Waals surface area contributed by atoms with Crippen LogP contribution in [0, 0.1) is 0 Å². The molecular formula is C17H22N2O2. The number of carbonyl (C=O) groups excluding carboxylic acids is 2. The van der Waals surface area contributed by atoms with Crippen LogP contribution in [0.15, 0.2) is 24.3 Å². The van der Waals surface area contributed by atoms with Gasteiger partial charge in [-0.1, -0.05) is 24.3 Å². The fourth-order valence-electron chi connectivity index (χ4n) is 3.41. The van der Waals surface area contributed by atoms with E-state index in [0.717, 1.165) is 38.8 Å². The summed E-state index contributed by atoms with van der Waals surface area (Å²) in [5, 5.41) is 2.79. The van der Waals surface area contributed by atoms with Crippen LogP contribution in [-0.2, 0) is 16.0 Å². The first-order chi connectivity index (χ1) is 10.2. The lowest BCUT2D eigenvalue weighted by atomic mass is 9.97. The number of aryl methyl sites for hydroxylation is 1. The van der Waals surface area contributed by atoms with Crippen molar-refractivity contribution >= 4 is 11.8 Å². The van der Waals surface area contributed by atoms with Crippen molar-refractivity contribution in [3.8, 4) is 0 Å². The molecule has 1 aliphatic heterocycles. The van der Waals surface area contributed by atoms with E-state index in [-0.39, 0.29) is 18.4 Å². The van der Waals surface area contributed by atoms with Crippen LogP contribution < -0.4 is 5.32 Å². The molecule has 1 fully saturated rings. The molecule has 21 heavy (non-hydrogen) atoms. The van der Waals surface area contributed by atoms with Crippen LogP contribution in [0.25, 0.3) is 0 Å². The van der Waals surface area contributed by atoms with Gasteiger partial charge in [0.1, 0.15) is 0 Å². The Bertz CT molecular complexity index is 535. The fraction of sp³-hybridized carbons (Fsp3) is 0.529. The number of nitrogens with one attached hydrogen (secondary N) is 1. The SMILES string of the molecule is O=C(C[C@@H]1CCc2ccccc21)NCC(=O)N1CCCC1. The van der Waals surface area contributed by atoms with Crippen molar-refractivity contribution in [1.29, 1.82) is 0 Å². The maximum absolute atomic E-state index is 12.0. The molecule has 0 saturated carbocycles. The standard InChI is InChI=1S/C17H22N2O2/c20-16(18-12-17(21)19-9-3-4-10-19)11-14-8-7-13-5-1-2-6-15(13)14/h1-2,5-6,14H,3-4,7-12H2,(H,18,20)/t14-/m0/s1. The zero-order valence-electron chi connectivity index (χ0n) is 12.3. The molecule has 1 aliphatic carbocycles. The smallest absolute Gasteiger partial charge is 0.241 e. The lowest BCUT2D eigenvalue weighted by Gasteiger charge is -2.16. The summed E-state index contributed by atoms with van der Waals surface area (Å²) in [6.07, 6.45) is 4.75. The molecule has 0 spiro atoms. The molecule has 1 heterocycles. The van der Waals surface area contributed by atoms with E-state index in [2.05, 4.69) is 23.5 Å². The summed E-state index contributed by atoms with van der Waals surface area (Å²) in [6, 6.07) is 8.35. The third-order valence-electron chi connectivity index (χ3n) is 4.58. The Kier molecular flexibility index (Phi) is 4.23. The fourth-order valence-corrected chi connectivity index (χ4v) is 3.41. The number of benzene rings is 1. The first-order valence-corrected chi connectivity index (χ1v) is 7.86. The van der Waals surface area contributed by atoms with E-state index >= 15 is 0 Å². The van der Waals surface area contributed by atoms with E-state index < -0.39 is 0 Å². The van der Waals surface area contributed by atoms with Crippen molar-refractivity contribution in [2.75, 3.05) is 19.6 Å². The minimum atomic E-state index is -0.00995. The average molecular weight is 286 g/mol. The van der Waals surface area contributed by atoms with E-state index in [9.17, 15) is 9.59 Å². The predicted octanol–water partition coefficient (Wildman–Crippen LogP) is 1.85. The molecule has 112 valence electrons. The molecular weight excluding hydrogens is 264 g/mol. The maximum Gasteiger partial charge on any atom is 0.241 e. The molecule has 2 amide bonds. The summed E-state index contributed by atoms with van der Waals surface area (Å²) >= 11 is 0. The van der Waals surface area contributed by atoms with Gasteiger partial charge in [0.05, 0.1) is 6.54 Å². The van der Waals surface area contributed by atoms with Crippen molar-refractivity contribution in [1.82, 2.24) is 10.2 Å². The number of nitrogens with zero attached hydrogens (tertiary/aromatic N) is 1. The van der Waals surface area contributed by atoms with Gasteiger partial charge in [0, 0.05) is 19.5 Å². The van der Waals surface area contributed by atoms with Crippen LogP contribution in [0.3, 0.4) is 0 Å². The number of carbonyl (C=O) groups is 2. The predicted molar refractivity (Wildman–Crippen MR) is 80.9 cm³/mol. The molecule has 0 bridgehead atoms. The first kappa shape index (κ1) is 14.1. The van der Waals surface area contributed by atoms with Gasteiger partial charge < -0.3 is 10.2 Å². The number of hydrogen-bond acceptors (Lipinski definition) is 2.